The number of piperidine rings is 1. The van der Waals surface area contributed by atoms with Gasteiger partial charge in [0.25, 0.3) is 0 Å². The normalized spacial score (nSPS) is 15.6. The van der Waals surface area contributed by atoms with Crippen LogP contribution in [0.4, 0.5) is 0 Å². The maximum Gasteiger partial charge on any atom is 0.223 e. The third kappa shape index (κ3) is 6.70. The highest BCUT2D eigenvalue weighted by Crippen LogP contribution is 2.26. The van der Waals surface area contributed by atoms with Gasteiger partial charge in [-0.05, 0) is 48.1 Å². The van der Waals surface area contributed by atoms with Crippen molar-refractivity contribution in [3.8, 4) is 5.75 Å². The Morgan fingerprint density at radius 1 is 1.16 bits per heavy atom. The monoisotopic (exact) mass is 478 g/mol. The molecular weight excluding hydrogens is 448 g/mol. The lowest BCUT2D eigenvalue weighted by Gasteiger charge is -2.30. The second-order valence-corrected chi connectivity index (χ2v) is 10.8. The van der Waals surface area contributed by atoms with Crippen molar-refractivity contribution >= 4 is 27.5 Å². The Balaban J connectivity index is 1.42. The van der Waals surface area contributed by atoms with Gasteiger partial charge in [0.1, 0.15) is 12.4 Å². The number of amides is 1. The summed E-state index contributed by atoms with van der Waals surface area (Å²) in [5, 5.41) is 3.44. The number of nitrogens with zero attached hydrogens (tertiary/aromatic N) is 1. The molecule has 1 saturated heterocycles. The quantitative estimate of drug-likeness (QED) is 0.548. The molecule has 174 valence electrons. The van der Waals surface area contributed by atoms with Gasteiger partial charge in [0, 0.05) is 24.0 Å². The van der Waals surface area contributed by atoms with E-state index in [2.05, 4.69) is 19.2 Å². The minimum atomic E-state index is -3.44. The van der Waals surface area contributed by atoms with E-state index in [9.17, 15) is 13.2 Å². The molecule has 0 bridgehead atoms. The van der Waals surface area contributed by atoms with Crippen LogP contribution in [-0.2, 0) is 20.6 Å². The van der Waals surface area contributed by atoms with E-state index in [0.29, 0.717) is 55.6 Å². The number of halogens is 1. The Kier molecular flexibility index (Phi) is 8.57. The van der Waals surface area contributed by atoms with Crippen molar-refractivity contribution in [2.24, 2.45) is 5.92 Å². The van der Waals surface area contributed by atoms with E-state index in [1.165, 1.54) is 4.31 Å². The van der Waals surface area contributed by atoms with E-state index in [1.54, 1.807) is 24.3 Å². The van der Waals surface area contributed by atoms with Crippen LogP contribution in [0.1, 0.15) is 43.7 Å². The molecule has 0 unspecified atom stereocenters. The Morgan fingerprint density at radius 3 is 2.56 bits per heavy atom. The van der Waals surface area contributed by atoms with Crippen molar-refractivity contribution in [1.29, 1.82) is 0 Å². The number of benzene rings is 2. The predicted molar refractivity (Wildman–Crippen MR) is 127 cm³/mol. The lowest BCUT2D eigenvalue weighted by atomic mass is 9.97. The molecule has 2 aromatic rings. The molecule has 2 aromatic carbocycles. The summed E-state index contributed by atoms with van der Waals surface area (Å²) in [7, 11) is -3.44. The Bertz CT molecular complexity index is 1020. The van der Waals surface area contributed by atoms with Crippen molar-refractivity contribution < 1.29 is 17.9 Å². The van der Waals surface area contributed by atoms with E-state index in [0.717, 1.165) is 11.3 Å². The summed E-state index contributed by atoms with van der Waals surface area (Å²) in [6.07, 6.45) is 1.02. The molecular formula is C24H31ClN2O4S. The molecule has 6 nitrogen and oxygen atoms in total. The summed E-state index contributed by atoms with van der Waals surface area (Å²) in [5.41, 5.74) is 1.81. The van der Waals surface area contributed by atoms with Crippen LogP contribution in [-0.4, -0.2) is 44.9 Å². The minimum Gasteiger partial charge on any atom is -0.491 e. The number of hydrogen-bond acceptors (Lipinski definition) is 4. The number of ether oxygens (including phenoxy) is 1. The van der Waals surface area contributed by atoms with Crippen LogP contribution in [0.25, 0.3) is 0 Å². The highest BCUT2D eigenvalue weighted by atomic mass is 35.5. The fraction of sp³-hybridized carbons (Fsp3) is 0.458. The van der Waals surface area contributed by atoms with E-state index in [1.807, 2.05) is 24.3 Å². The van der Waals surface area contributed by atoms with Gasteiger partial charge >= 0.3 is 0 Å². The van der Waals surface area contributed by atoms with Crippen LogP contribution < -0.4 is 10.1 Å². The second-order valence-electron chi connectivity index (χ2n) is 8.39. The molecule has 1 amide bonds. The SMILES string of the molecule is CC(C)c1ccccc1OCCNC(=O)C1CCN(S(=O)(=O)Cc2cccc(Cl)c2)CC1. The zero-order valence-electron chi connectivity index (χ0n) is 18.6. The zero-order valence-corrected chi connectivity index (χ0v) is 20.2. The molecule has 1 N–H and O–H groups in total. The summed E-state index contributed by atoms with van der Waals surface area (Å²) >= 11 is 5.96. The zero-order chi connectivity index (χ0) is 23.1. The average molecular weight is 479 g/mol. The Labute approximate surface area is 196 Å². The molecule has 8 heteroatoms. The smallest absolute Gasteiger partial charge is 0.223 e. The molecule has 32 heavy (non-hydrogen) atoms. The van der Waals surface area contributed by atoms with Crippen LogP contribution in [0.2, 0.25) is 5.02 Å². The first-order chi connectivity index (χ1) is 15.3. The van der Waals surface area contributed by atoms with Crippen LogP contribution in [0.5, 0.6) is 5.75 Å². The van der Waals surface area contributed by atoms with Crippen molar-refractivity contribution in [2.45, 2.75) is 38.4 Å². The van der Waals surface area contributed by atoms with E-state index in [4.69, 9.17) is 16.3 Å². The molecule has 0 aliphatic carbocycles. The molecule has 1 aliphatic rings. The standard InChI is InChI=1S/C24H31ClN2O4S/c1-18(2)22-8-3-4-9-23(22)31-15-12-26-24(28)20-10-13-27(14-11-20)32(29,30)17-19-6-5-7-21(25)16-19/h3-9,16,18,20H,10-15,17H2,1-2H3,(H,26,28). The van der Waals surface area contributed by atoms with Crippen molar-refractivity contribution in [1.82, 2.24) is 9.62 Å². The number of hydrogen-bond donors (Lipinski definition) is 1. The van der Waals surface area contributed by atoms with Crippen molar-refractivity contribution in [3.63, 3.8) is 0 Å². The van der Waals surface area contributed by atoms with E-state index >= 15 is 0 Å². The molecule has 0 spiro atoms. The summed E-state index contributed by atoms with van der Waals surface area (Å²) in [4.78, 5) is 12.5. The largest absolute Gasteiger partial charge is 0.491 e. The van der Waals surface area contributed by atoms with Gasteiger partial charge in [0.2, 0.25) is 15.9 Å². The van der Waals surface area contributed by atoms with Crippen LogP contribution in [0, 0.1) is 5.92 Å². The minimum absolute atomic E-state index is 0.0439. The molecule has 0 aromatic heterocycles. The van der Waals surface area contributed by atoms with Gasteiger partial charge in [-0.3, -0.25) is 4.79 Å². The summed E-state index contributed by atoms with van der Waals surface area (Å²) in [6.45, 7) is 5.73. The number of para-hydroxylation sites is 1. The maximum atomic E-state index is 12.7. The van der Waals surface area contributed by atoms with Crippen molar-refractivity contribution in [3.05, 3.63) is 64.7 Å². The molecule has 0 saturated carbocycles. The third-order valence-electron chi connectivity index (χ3n) is 5.66. The summed E-state index contributed by atoms with van der Waals surface area (Å²) in [6, 6.07) is 14.8. The summed E-state index contributed by atoms with van der Waals surface area (Å²) < 4.78 is 32.8. The predicted octanol–water partition coefficient (Wildman–Crippen LogP) is 4.20. The van der Waals surface area contributed by atoms with Crippen LogP contribution in [0.3, 0.4) is 0 Å². The molecule has 1 aliphatic heterocycles. The highest BCUT2D eigenvalue weighted by Gasteiger charge is 2.31. The summed E-state index contributed by atoms with van der Waals surface area (Å²) in [5.74, 6) is 0.892. The van der Waals surface area contributed by atoms with Crippen molar-refractivity contribution in [2.75, 3.05) is 26.2 Å². The van der Waals surface area contributed by atoms with Gasteiger partial charge in [-0.25, -0.2) is 12.7 Å². The van der Waals surface area contributed by atoms with Gasteiger partial charge in [-0.2, -0.15) is 0 Å². The number of rotatable bonds is 9. The van der Waals surface area contributed by atoms with Gasteiger partial charge in [0.15, 0.2) is 0 Å². The van der Waals surface area contributed by atoms with Gasteiger partial charge in [-0.1, -0.05) is 55.8 Å². The topological polar surface area (TPSA) is 75.7 Å². The first-order valence-electron chi connectivity index (χ1n) is 11.0. The fourth-order valence-corrected chi connectivity index (χ4v) is 5.66. The third-order valence-corrected chi connectivity index (χ3v) is 7.74. The van der Waals surface area contributed by atoms with Gasteiger partial charge in [0.05, 0.1) is 12.3 Å². The average Bonchev–Trinajstić information content (AvgIpc) is 2.76. The molecule has 0 radical (unpaired) electrons. The van der Waals surface area contributed by atoms with Gasteiger partial charge < -0.3 is 10.1 Å². The number of sulfonamides is 1. The van der Waals surface area contributed by atoms with Crippen LogP contribution in [0.15, 0.2) is 48.5 Å². The molecule has 3 rings (SSSR count). The lowest BCUT2D eigenvalue weighted by Crippen LogP contribution is -2.43. The number of carbonyl (C=O) groups excluding carboxylic acids is 1. The Hall–Kier alpha value is -2.09. The molecule has 0 atom stereocenters. The fourth-order valence-electron chi connectivity index (χ4n) is 3.89. The van der Waals surface area contributed by atoms with Gasteiger partial charge in [-0.15, -0.1) is 0 Å². The lowest BCUT2D eigenvalue weighted by molar-refractivity contribution is -0.126. The molecule has 1 heterocycles. The molecule has 1 fully saturated rings. The number of nitrogens with one attached hydrogen (secondary N) is 1. The van der Waals surface area contributed by atoms with Crippen LogP contribution >= 0.6 is 11.6 Å². The second kappa shape index (κ2) is 11.2. The maximum absolute atomic E-state index is 12.7. The number of carbonyl (C=O) groups is 1. The Morgan fingerprint density at radius 2 is 1.88 bits per heavy atom. The van der Waals surface area contributed by atoms with E-state index < -0.39 is 10.0 Å². The highest BCUT2D eigenvalue weighted by molar-refractivity contribution is 7.88. The first-order valence-corrected chi connectivity index (χ1v) is 13.0. The first kappa shape index (κ1) is 24.6. The van der Waals surface area contributed by atoms with E-state index in [-0.39, 0.29) is 17.6 Å².